The predicted molar refractivity (Wildman–Crippen MR) is 90.6 cm³/mol. The summed E-state index contributed by atoms with van der Waals surface area (Å²) in [6.07, 6.45) is 4.73. The Morgan fingerprint density at radius 2 is 1.95 bits per heavy atom. The fourth-order valence-corrected chi connectivity index (χ4v) is 2.30. The van der Waals surface area contributed by atoms with Crippen LogP contribution in [0.1, 0.15) is 64.9 Å². The van der Waals surface area contributed by atoms with E-state index in [0.29, 0.717) is 6.04 Å². The van der Waals surface area contributed by atoms with Gasteiger partial charge in [0.25, 0.3) is 0 Å². The average molecular weight is 292 g/mol. The molecule has 120 valence electrons. The molecule has 0 saturated carbocycles. The van der Waals surface area contributed by atoms with E-state index in [9.17, 15) is 0 Å². The van der Waals surface area contributed by atoms with Crippen LogP contribution in [0.4, 0.5) is 5.82 Å². The first kappa shape index (κ1) is 17.9. The molecule has 0 aliphatic heterocycles. The number of nitrogens with zero attached hydrogens (tertiary/aromatic N) is 3. The van der Waals surface area contributed by atoms with E-state index in [1.54, 1.807) is 0 Å². The lowest BCUT2D eigenvalue weighted by atomic mass is 10.2. The molecule has 1 atom stereocenters. The normalized spacial score (nSPS) is 12.7. The van der Waals surface area contributed by atoms with Gasteiger partial charge in [-0.3, -0.25) is 4.90 Å². The molecule has 0 fully saturated rings. The number of anilines is 1. The van der Waals surface area contributed by atoms with Crippen LogP contribution in [-0.4, -0.2) is 34.0 Å². The van der Waals surface area contributed by atoms with Gasteiger partial charge in [-0.1, -0.05) is 27.2 Å². The van der Waals surface area contributed by atoms with Crippen molar-refractivity contribution in [1.82, 2.24) is 14.9 Å². The van der Waals surface area contributed by atoms with Crippen LogP contribution in [0.2, 0.25) is 0 Å². The molecule has 0 spiro atoms. The number of hydrogen-bond acceptors (Lipinski definition) is 4. The number of unbranched alkanes of at least 4 members (excludes halogenated alkanes) is 1. The standard InChI is InChI=1S/C17H32N4/c1-6-9-11-21(15(5)8-3)13-17-19-14(4)12-16(20-17)18-10-7-2/h12,15H,6-11,13H2,1-5H3,(H,18,19,20). The maximum absolute atomic E-state index is 4.67. The third kappa shape index (κ3) is 6.42. The van der Waals surface area contributed by atoms with Gasteiger partial charge >= 0.3 is 0 Å². The van der Waals surface area contributed by atoms with E-state index in [-0.39, 0.29) is 0 Å². The molecular weight excluding hydrogens is 260 g/mol. The van der Waals surface area contributed by atoms with Crippen LogP contribution in [0, 0.1) is 6.92 Å². The molecule has 1 aromatic rings. The van der Waals surface area contributed by atoms with Crippen molar-refractivity contribution in [2.45, 2.75) is 72.9 Å². The number of hydrogen-bond donors (Lipinski definition) is 1. The van der Waals surface area contributed by atoms with Gasteiger partial charge in [-0.05, 0) is 39.7 Å². The Bertz CT molecular complexity index is 406. The van der Waals surface area contributed by atoms with Gasteiger partial charge in [0, 0.05) is 24.3 Å². The summed E-state index contributed by atoms with van der Waals surface area (Å²) in [6, 6.07) is 2.60. The quantitative estimate of drug-likeness (QED) is 0.707. The molecule has 0 radical (unpaired) electrons. The van der Waals surface area contributed by atoms with Crippen LogP contribution in [0.5, 0.6) is 0 Å². The van der Waals surface area contributed by atoms with Crippen molar-refractivity contribution in [2.24, 2.45) is 0 Å². The van der Waals surface area contributed by atoms with E-state index in [1.807, 2.05) is 13.0 Å². The minimum atomic E-state index is 0.577. The van der Waals surface area contributed by atoms with Crippen molar-refractivity contribution in [2.75, 3.05) is 18.4 Å². The van der Waals surface area contributed by atoms with E-state index in [0.717, 1.165) is 49.8 Å². The highest BCUT2D eigenvalue weighted by Gasteiger charge is 2.14. The first-order valence-electron chi connectivity index (χ1n) is 8.43. The first-order chi connectivity index (χ1) is 10.1. The Balaban J connectivity index is 2.79. The van der Waals surface area contributed by atoms with Gasteiger partial charge in [-0.2, -0.15) is 0 Å². The average Bonchev–Trinajstić information content (AvgIpc) is 2.48. The lowest BCUT2D eigenvalue weighted by Crippen LogP contribution is -2.33. The molecule has 4 nitrogen and oxygen atoms in total. The molecule has 0 bridgehead atoms. The smallest absolute Gasteiger partial charge is 0.144 e. The summed E-state index contributed by atoms with van der Waals surface area (Å²) in [7, 11) is 0. The Labute approximate surface area is 130 Å². The van der Waals surface area contributed by atoms with Gasteiger partial charge < -0.3 is 5.32 Å². The Morgan fingerprint density at radius 1 is 1.19 bits per heavy atom. The summed E-state index contributed by atoms with van der Waals surface area (Å²) in [6.45, 7) is 13.9. The lowest BCUT2D eigenvalue weighted by molar-refractivity contribution is 0.187. The molecule has 0 aromatic carbocycles. The lowest BCUT2D eigenvalue weighted by Gasteiger charge is -2.27. The van der Waals surface area contributed by atoms with Gasteiger partial charge in [-0.25, -0.2) is 9.97 Å². The van der Waals surface area contributed by atoms with Crippen LogP contribution in [-0.2, 0) is 6.54 Å². The monoisotopic (exact) mass is 292 g/mol. The van der Waals surface area contributed by atoms with Gasteiger partial charge in [-0.15, -0.1) is 0 Å². The van der Waals surface area contributed by atoms with Crippen molar-refractivity contribution < 1.29 is 0 Å². The highest BCUT2D eigenvalue weighted by Crippen LogP contribution is 2.12. The Kier molecular flexibility index (Phi) is 8.28. The molecule has 0 aliphatic rings. The van der Waals surface area contributed by atoms with E-state index in [2.05, 4.69) is 47.9 Å². The van der Waals surface area contributed by atoms with Crippen molar-refractivity contribution in [1.29, 1.82) is 0 Å². The fourth-order valence-electron chi connectivity index (χ4n) is 2.30. The zero-order chi connectivity index (χ0) is 15.7. The van der Waals surface area contributed by atoms with Crippen molar-refractivity contribution >= 4 is 5.82 Å². The van der Waals surface area contributed by atoms with Crippen LogP contribution in [0.25, 0.3) is 0 Å². The molecule has 4 heteroatoms. The molecule has 0 saturated heterocycles. The second kappa shape index (κ2) is 9.72. The molecule has 1 heterocycles. The second-order valence-corrected chi connectivity index (χ2v) is 5.82. The van der Waals surface area contributed by atoms with Gasteiger partial charge in [0.2, 0.25) is 0 Å². The first-order valence-corrected chi connectivity index (χ1v) is 8.43. The molecule has 21 heavy (non-hydrogen) atoms. The van der Waals surface area contributed by atoms with E-state index >= 15 is 0 Å². The molecule has 1 N–H and O–H groups in total. The van der Waals surface area contributed by atoms with E-state index in [4.69, 9.17) is 0 Å². The van der Waals surface area contributed by atoms with Gasteiger partial charge in [0.05, 0.1) is 6.54 Å². The fraction of sp³-hybridized carbons (Fsp3) is 0.765. The molecule has 1 rings (SSSR count). The third-order valence-electron chi connectivity index (χ3n) is 3.81. The number of nitrogens with one attached hydrogen (secondary N) is 1. The molecule has 1 aromatic heterocycles. The van der Waals surface area contributed by atoms with Crippen LogP contribution >= 0.6 is 0 Å². The van der Waals surface area contributed by atoms with Crippen LogP contribution in [0.3, 0.4) is 0 Å². The summed E-state index contributed by atoms with van der Waals surface area (Å²) in [5.74, 6) is 1.89. The van der Waals surface area contributed by atoms with Gasteiger partial charge in [0.15, 0.2) is 0 Å². The maximum atomic E-state index is 4.67. The zero-order valence-corrected chi connectivity index (χ0v) is 14.4. The highest BCUT2D eigenvalue weighted by molar-refractivity contribution is 5.35. The number of rotatable bonds is 10. The SMILES string of the molecule is CCCCN(Cc1nc(C)cc(NCCC)n1)C(C)CC. The molecule has 0 aliphatic carbocycles. The molecule has 1 unspecified atom stereocenters. The highest BCUT2D eigenvalue weighted by atomic mass is 15.2. The second-order valence-electron chi connectivity index (χ2n) is 5.82. The van der Waals surface area contributed by atoms with Crippen LogP contribution < -0.4 is 5.32 Å². The Hall–Kier alpha value is -1.16. The summed E-state index contributed by atoms with van der Waals surface area (Å²) in [5.41, 5.74) is 1.04. The molecular formula is C17H32N4. The topological polar surface area (TPSA) is 41.1 Å². The number of aryl methyl sites for hydroxylation is 1. The van der Waals surface area contributed by atoms with Crippen molar-refractivity contribution in [3.63, 3.8) is 0 Å². The van der Waals surface area contributed by atoms with Gasteiger partial charge in [0.1, 0.15) is 11.6 Å². The van der Waals surface area contributed by atoms with Crippen LogP contribution in [0.15, 0.2) is 6.07 Å². The zero-order valence-electron chi connectivity index (χ0n) is 14.4. The minimum Gasteiger partial charge on any atom is -0.370 e. The molecule has 0 amide bonds. The summed E-state index contributed by atoms with van der Waals surface area (Å²) < 4.78 is 0. The van der Waals surface area contributed by atoms with Crippen molar-refractivity contribution in [3.05, 3.63) is 17.6 Å². The van der Waals surface area contributed by atoms with E-state index in [1.165, 1.54) is 12.8 Å². The largest absolute Gasteiger partial charge is 0.370 e. The van der Waals surface area contributed by atoms with E-state index < -0.39 is 0 Å². The van der Waals surface area contributed by atoms with Crippen molar-refractivity contribution in [3.8, 4) is 0 Å². The Morgan fingerprint density at radius 3 is 2.57 bits per heavy atom. The summed E-state index contributed by atoms with van der Waals surface area (Å²) >= 11 is 0. The summed E-state index contributed by atoms with van der Waals surface area (Å²) in [4.78, 5) is 11.8. The third-order valence-corrected chi connectivity index (χ3v) is 3.81. The maximum Gasteiger partial charge on any atom is 0.144 e. The number of aromatic nitrogens is 2. The minimum absolute atomic E-state index is 0.577. The summed E-state index contributed by atoms with van der Waals surface area (Å²) in [5, 5.41) is 3.37. The predicted octanol–water partition coefficient (Wildman–Crippen LogP) is 4.01.